The minimum Gasteiger partial charge on any atom is -0.295 e. The number of fused-ring (bicyclic) bond motifs is 1. The van der Waals surface area contributed by atoms with Gasteiger partial charge in [0.25, 0.3) is 5.56 Å². The molecule has 0 spiro atoms. The normalized spacial score (nSPS) is 11.2. The lowest BCUT2D eigenvalue weighted by atomic mass is 10.1. The molecule has 5 nitrogen and oxygen atoms in total. The van der Waals surface area contributed by atoms with Crippen molar-refractivity contribution in [1.29, 1.82) is 0 Å². The molecule has 4 rings (SSSR count). The number of nitrogens with zero attached hydrogens (tertiary/aromatic N) is 4. The van der Waals surface area contributed by atoms with Crippen LogP contribution in [0, 0.1) is 13.8 Å². The third-order valence-electron chi connectivity index (χ3n) is 4.06. The maximum absolute atomic E-state index is 12.2. The molecule has 3 aromatic heterocycles. The van der Waals surface area contributed by atoms with Crippen LogP contribution in [0.5, 0.6) is 0 Å². The Kier molecular flexibility index (Phi) is 4.34. The van der Waals surface area contributed by atoms with E-state index < -0.39 is 0 Å². The first-order valence-corrected chi connectivity index (χ1v) is 9.31. The van der Waals surface area contributed by atoms with E-state index in [1.807, 2.05) is 24.4 Å². The summed E-state index contributed by atoms with van der Waals surface area (Å²) in [5.41, 5.74) is 4.87. The van der Waals surface area contributed by atoms with Crippen LogP contribution >= 0.6 is 11.8 Å². The average molecular weight is 362 g/mol. The molecule has 0 aliphatic rings. The SMILES string of the molecule is Cc1cc(C)cc(-n2ccnc2SCc2cc(=O)n3ccccc3n2)c1. The van der Waals surface area contributed by atoms with Gasteiger partial charge in [-0.05, 0) is 49.2 Å². The first-order valence-electron chi connectivity index (χ1n) is 8.32. The summed E-state index contributed by atoms with van der Waals surface area (Å²) in [6, 6.07) is 13.6. The Hall–Kier alpha value is -2.86. The Labute approximate surface area is 155 Å². The number of aromatic nitrogens is 4. The number of aryl methyl sites for hydroxylation is 2. The summed E-state index contributed by atoms with van der Waals surface area (Å²) in [7, 11) is 0. The molecule has 0 amide bonds. The van der Waals surface area contributed by atoms with Crippen LogP contribution in [0.3, 0.4) is 0 Å². The van der Waals surface area contributed by atoms with Gasteiger partial charge in [0.15, 0.2) is 5.16 Å². The van der Waals surface area contributed by atoms with Crippen LogP contribution in [0.2, 0.25) is 0 Å². The predicted octanol–water partition coefficient (Wildman–Crippen LogP) is 3.79. The number of pyridine rings is 1. The van der Waals surface area contributed by atoms with Crippen molar-refractivity contribution in [1.82, 2.24) is 18.9 Å². The molecule has 0 radical (unpaired) electrons. The minimum atomic E-state index is -0.0659. The molecule has 4 aromatic rings. The molecule has 130 valence electrons. The van der Waals surface area contributed by atoms with Gasteiger partial charge in [0.2, 0.25) is 0 Å². The highest BCUT2D eigenvalue weighted by Crippen LogP contribution is 2.24. The Balaban J connectivity index is 1.62. The van der Waals surface area contributed by atoms with E-state index in [4.69, 9.17) is 0 Å². The Morgan fingerprint density at radius 1 is 1.04 bits per heavy atom. The van der Waals surface area contributed by atoms with Crippen molar-refractivity contribution in [2.75, 3.05) is 0 Å². The first kappa shape index (κ1) is 16.6. The fraction of sp³-hybridized carbons (Fsp3) is 0.150. The molecule has 3 heterocycles. The topological polar surface area (TPSA) is 52.2 Å². The van der Waals surface area contributed by atoms with E-state index in [1.165, 1.54) is 11.1 Å². The summed E-state index contributed by atoms with van der Waals surface area (Å²) in [5, 5.41) is 0.880. The molecule has 0 aliphatic heterocycles. The third-order valence-corrected chi connectivity index (χ3v) is 5.07. The molecule has 0 unspecified atom stereocenters. The van der Waals surface area contributed by atoms with Crippen molar-refractivity contribution in [3.05, 3.63) is 88.2 Å². The van der Waals surface area contributed by atoms with Gasteiger partial charge >= 0.3 is 0 Å². The van der Waals surface area contributed by atoms with Crippen molar-refractivity contribution in [3.8, 4) is 5.69 Å². The number of imidazole rings is 1. The van der Waals surface area contributed by atoms with Crippen LogP contribution in [-0.4, -0.2) is 18.9 Å². The highest BCUT2D eigenvalue weighted by molar-refractivity contribution is 7.98. The standard InChI is InChI=1S/C20H18N4OS/c1-14-9-15(2)11-17(10-14)23-8-6-21-20(23)26-13-16-12-19(25)24-7-4-3-5-18(24)22-16/h3-12H,13H2,1-2H3. The lowest BCUT2D eigenvalue weighted by molar-refractivity contribution is 0.891. The van der Waals surface area contributed by atoms with Gasteiger partial charge < -0.3 is 0 Å². The van der Waals surface area contributed by atoms with Gasteiger partial charge in [-0.25, -0.2) is 9.97 Å². The van der Waals surface area contributed by atoms with E-state index in [2.05, 4.69) is 46.6 Å². The molecular formula is C20H18N4OS. The van der Waals surface area contributed by atoms with Crippen LogP contribution in [0.25, 0.3) is 11.3 Å². The lowest BCUT2D eigenvalue weighted by Gasteiger charge is -2.10. The van der Waals surface area contributed by atoms with Crippen LogP contribution in [-0.2, 0) is 5.75 Å². The molecular weight excluding hydrogens is 344 g/mol. The number of thioether (sulfide) groups is 1. The molecule has 0 bridgehead atoms. The van der Waals surface area contributed by atoms with Crippen molar-refractivity contribution in [2.24, 2.45) is 0 Å². The molecule has 0 atom stereocenters. The maximum atomic E-state index is 12.2. The molecule has 0 saturated heterocycles. The minimum absolute atomic E-state index is 0.0659. The fourth-order valence-corrected chi connectivity index (χ4v) is 3.86. The third kappa shape index (κ3) is 3.28. The van der Waals surface area contributed by atoms with E-state index in [-0.39, 0.29) is 5.56 Å². The highest BCUT2D eigenvalue weighted by Gasteiger charge is 2.09. The number of hydrogen-bond donors (Lipinski definition) is 0. The van der Waals surface area contributed by atoms with Gasteiger partial charge in [0.1, 0.15) is 5.65 Å². The summed E-state index contributed by atoms with van der Waals surface area (Å²) in [5.74, 6) is 0.586. The Morgan fingerprint density at radius 3 is 2.65 bits per heavy atom. The van der Waals surface area contributed by atoms with E-state index in [9.17, 15) is 4.79 Å². The lowest BCUT2D eigenvalue weighted by Crippen LogP contribution is -2.14. The second-order valence-corrected chi connectivity index (χ2v) is 7.17. The van der Waals surface area contributed by atoms with Gasteiger partial charge in [-0.2, -0.15) is 0 Å². The zero-order valence-corrected chi connectivity index (χ0v) is 15.4. The zero-order chi connectivity index (χ0) is 18.1. The van der Waals surface area contributed by atoms with E-state index >= 15 is 0 Å². The molecule has 6 heteroatoms. The maximum Gasteiger partial charge on any atom is 0.258 e. The van der Waals surface area contributed by atoms with Crippen molar-refractivity contribution in [3.63, 3.8) is 0 Å². The summed E-state index contributed by atoms with van der Waals surface area (Å²) < 4.78 is 3.61. The molecule has 1 aromatic carbocycles. The van der Waals surface area contributed by atoms with Crippen molar-refractivity contribution >= 4 is 17.4 Å². The van der Waals surface area contributed by atoms with Crippen LogP contribution in [0.4, 0.5) is 0 Å². The molecule has 0 saturated carbocycles. The van der Waals surface area contributed by atoms with E-state index in [1.54, 1.807) is 34.6 Å². The smallest absolute Gasteiger partial charge is 0.258 e. The summed E-state index contributed by atoms with van der Waals surface area (Å²) in [6.45, 7) is 4.18. The molecule has 0 fully saturated rings. The first-order chi connectivity index (χ1) is 12.6. The van der Waals surface area contributed by atoms with E-state index in [0.29, 0.717) is 11.4 Å². The highest BCUT2D eigenvalue weighted by atomic mass is 32.2. The fourth-order valence-electron chi connectivity index (χ4n) is 3.00. The second kappa shape index (κ2) is 6.80. The summed E-state index contributed by atoms with van der Waals surface area (Å²) in [6.07, 6.45) is 5.48. The quantitative estimate of drug-likeness (QED) is 0.518. The summed E-state index contributed by atoms with van der Waals surface area (Å²) >= 11 is 1.57. The van der Waals surface area contributed by atoms with Gasteiger partial charge in [-0.1, -0.05) is 23.9 Å². The Bertz CT molecular complexity index is 1130. The van der Waals surface area contributed by atoms with Gasteiger partial charge in [-0.3, -0.25) is 13.8 Å². The average Bonchev–Trinajstić information content (AvgIpc) is 3.08. The largest absolute Gasteiger partial charge is 0.295 e. The van der Waals surface area contributed by atoms with Crippen LogP contribution < -0.4 is 5.56 Å². The van der Waals surface area contributed by atoms with Gasteiger partial charge in [0, 0.05) is 36.1 Å². The molecule has 26 heavy (non-hydrogen) atoms. The van der Waals surface area contributed by atoms with E-state index in [0.717, 1.165) is 16.5 Å². The zero-order valence-electron chi connectivity index (χ0n) is 14.6. The molecule has 0 aliphatic carbocycles. The summed E-state index contributed by atoms with van der Waals surface area (Å²) in [4.78, 5) is 21.3. The van der Waals surface area contributed by atoms with Crippen LogP contribution in [0.15, 0.2) is 71.0 Å². The number of rotatable bonds is 4. The van der Waals surface area contributed by atoms with Crippen molar-refractivity contribution in [2.45, 2.75) is 24.8 Å². The Morgan fingerprint density at radius 2 is 1.85 bits per heavy atom. The molecule has 0 N–H and O–H groups in total. The predicted molar refractivity (Wildman–Crippen MR) is 104 cm³/mol. The van der Waals surface area contributed by atoms with Crippen molar-refractivity contribution < 1.29 is 0 Å². The second-order valence-electron chi connectivity index (χ2n) is 6.23. The van der Waals surface area contributed by atoms with Gasteiger partial charge in [0.05, 0.1) is 5.69 Å². The number of benzene rings is 1. The monoisotopic (exact) mass is 362 g/mol. The van der Waals surface area contributed by atoms with Gasteiger partial charge in [-0.15, -0.1) is 0 Å². The number of hydrogen-bond acceptors (Lipinski definition) is 4. The van der Waals surface area contributed by atoms with Crippen LogP contribution in [0.1, 0.15) is 16.8 Å².